The molecule has 0 atom stereocenters. The van der Waals surface area contributed by atoms with Crippen LogP contribution in [0.3, 0.4) is 0 Å². The number of morpholine rings is 1. The highest BCUT2D eigenvalue weighted by atomic mass is 32.1. The number of nitrogens with one attached hydrogen (secondary N) is 2. The van der Waals surface area contributed by atoms with Gasteiger partial charge in [0, 0.05) is 30.0 Å². The fraction of sp³-hybridized carbons (Fsp3) is 0.227. The molecule has 3 aromatic rings. The lowest BCUT2D eigenvalue weighted by Crippen LogP contribution is -2.36. The molecule has 10 heteroatoms. The van der Waals surface area contributed by atoms with Gasteiger partial charge in [-0.3, -0.25) is 9.59 Å². The molecule has 2 heterocycles. The lowest BCUT2D eigenvalue weighted by molar-refractivity contribution is 0.0997. The quantitative estimate of drug-likeness (QED) is 0.503. The Bertz CT molecular complexity index is 1090. The van der Waals surface area contributed by atoms with Gasteiger partial charge in [-0.2, -0.15) is 0 Å². The first kappa shape index (κ1) is 21.6. The molecule has 2 amide bonds. The number of rotatable bonds is 7. The Morgan fingerprint density at radius 1 is 1.09 bits per heavy atom. The number of ether oxygens (including phenoxy) is 2. The van der Waals surface area contributed by atoms with Gasteiger partial charge in [0.05, 0.1) is 20.3 Å². The number of anilines is 4. The Balaban J connectivity index is 1.47. The van der Waals surface area contributed by atoms with Gasteiger partial charge in [-0.15, -0.1) is 0 Å². The number of aromatic nitrogens is 1. The summed E-state index contributed by atoms with van der Waals surface area (Å²) in [6.45, 7) is 3.02. The van der Waals surface area contributed by atoms with Gasteiger partial charge in [0.2, 0.25) is 0 Å². The molecule has 1 aliphatic heterocycles. The molecule has 9 nitrogen and oxygen atoms in total. The van der Waals surface area contributed by atoms with E-state index in [-0.39, 0.29) is 16.6 Å². The van der Waals surface area contributed by atoms with E-state index >= 15 is 0 Å². The molecular weight excluding hydrogens is 430 g/mol. The molecule has 0 radical (unpaired) electrons. The molecule has 0 aliphatic carbocycles. The molecule has 1 fully saturated rings. The summed E-state index contributed by atoms with van der Waals surface area (Å²) < 4.78 is 10.5. The van der Waals surface area contributed by atoms with E-state index in [0.717, 1.165) is 41.6 Å². The Kier molecular flexibility index (Phi) is 6.52. The summed E-state index contributed by atoms with van der Waals surface area (Å²) in [5.74, 6) is -0.345. The van der Waals surface area contributed by atoms with Crippen LogP contribution in [0, 0.1) is 0 Å². The molecule has 0 unspecified atom stereocenters. The molecule has 0 saturated carbocycles. The summed E-state index contributed by atoms with van der Waals surface area (Å²) in [4.78, 5) is 31.1. The Labute approximate surface area is 189 Å². The number of carbonyl (C=O) groups is 2. The zero-order chi connectivity index (χ0) is 22.5. The zero-order valence-electron chi connectivity index (χ0n) is 17.5. The Hall–Kier alpha value is -3.63. The van der Waals surface area contributed by atoms with E-state index in [4.69, 9.17) is 15.2 Å². The molecule has 2 aromatic carbocycles. The number of hydrogen-bond acceptors (Lipinski definition) is 8. The molecule has 1 saturated heterocycles. The number of nitrogens with zero attached hydrogens (tertiary/aromatic N) is 2. The van der Waals surface area contributed by atoms with Gasteiger partial charge in [0.25, 0.3) is 11.8 Å². The van der Waals surface area contributed by atoms with E-state index in [1.54, 1.807) is 31.4 Å². The predicted octanol–water partition coefficient (Wildman–Crippen LogP) is 3.08. The van der Waals surface area contributed by atoms with Gasteiger partial charge in [-0.1, -0.05) is 11.3 Å². The maximum atomic E-state index is 12.8. The first-order valence-electron chi connectivity index (χ1n) is 9.99. The Morgan fingerprint density at radius 3 is 2.41 bits per heavy atom. The summed E-state index contributed by atoms with van der Waals surface area (Å²) in [5, 5.41) is 6.58. The maximum Gasteiger partial charge on any atom is 0.270 e. The second-order valence-electron chi connectivity index (χ2n) is 7.01. The van der Waals surface area contributed by atoms with Crippen LogP contribution >= 0.6 is 11.3 Å². The summed E-state index contributed by atoms with van der Waals surface area (Å²) in [6.07, 6.45) is 0. The fourth-order valence-corrected chi connectivity index (χ4v) is 4.13. The second kappa shape index (κ2) is 9.67. The molecule has 166 valence electrons. The highest BCUT2D eigenvalue weighted by molar-refractivity contribution is 7.20. The van der Waals surface area contributed by atoms with Gasteiger partial charge >= 0.3 is 0 Å². The van der Waals surface area contributed by atoms with Gasteiger partial charge in [-0.25, -0.2) is 4.98 Å². The van der Waals surface area contributed by atoms with Crippen LogP contribution in [0.4, 0.5) is 21.5 Å². The van der Waals surface area contributed by atoms with E-state index in [9.17, 15) is 9.59 Å². The largest absolute Gasteiger partial charge is 0.497 e. The highest BCUT2D eigenvalue weighted by Crippen LogP contribution is 2.31. The van der Waals surface area contributed by atoms with E-state index in [1.807, 2.05) is 24.3 Å². The van der Waals surface area contributed by atoms with Gasteiger partial charge in [0.1, 0.15) is 10.8 Å². The second-order valence-corrected chi connectivity index (χ2v) is 8.01. The van der Waals surface area contributed by atoms with Crippen molar-refractivity contribution in [1.29, 1.82) is 0 Å². The van der Waals surface area contributed by atoms with E-state index in [0.29, 0.717) is 23.9 Å². The third-order valence-electron chi connectivity index (χ3n) is 4.93. The van der Waals surface area contributed by atoms with Crippen LogP contribution in [-0.2, 0) is 4.74 Å². The molecule has 4 N–H and O–H groups in total. The van der Waals surface area contributed by atoms with Crippen molar-refractivity contribution in [3.05, 3.63) is 59.8 Å². The number of hydrogen-bond donors (Lipinski definition) is 3. The Morgan fingerprint density at radius 2 is 1.78 bits per heavy atom. The first-order valence-corrected chi connectivity index (χ1v) is 10.8. The van der Waals surface area contributed by atoms with Crippen molar-refractivity contribution in [3.8, 4) is 5.75 Å². The smallest absolute Gasteiger partial charge is 0.270 e. The van der Waals surface area contributed by atoms with Crippen molar-refractivity contribution in [1.82, 2.24) is 4.98 Å². The number of benzene rings is 2. The van der Waals surface area contributed by atoms with Crippen LogP contribution in [-0.4, -0.2) is 50.2 Å². The summed E-state index contributed by atoms with van der Waals surface area (Å²) >= 11 is 1.13. The minimum atomic E-state index is -0.720. The zero-order valence-corrected chi connectivity index (χ0v) is 18.3. The van der Waals surface area contributed by atoms with Gasteiger partial charge in [-0.05, 0) is 48.5 Å². The molecule has 0 bridgehead atoms. The number of primary amides is 1. The average molecular weight is 454 g/mol. The van der Waals surface area contributed by atoms with Crippen molar-refractivity contribution >= 4 is 44.7 Å². The average Bonchev–Trinajstić information content (AvgIpc) is 3.22. The number of amides is 2. The van der Waals surface area contributed by atoms with E-state index < -0.39 is 5.91 Å². The van der Waals surface area contributed by atoms with Crippen LogP contribution in [0.15, 0.2) is 48.5 Å². The molecule has 32 heavy (non-hydrogen) atoms. The summed E-state index contributed by atoms with van der Waals surface area (Å²) in [5.41, 5.74) is 7.73. The number of methoxy groups -OCH3 is 1. The van der Waals surface area contributed by atoms with Crippen LogP contribution in [0.25, 0.3) is 0 Å². The normalized spacial score (nSPS) is 13.5. The molecular formula is C22H23N5O4S. The van der Waals surface area contributed by atoms with Crippen molar-refractivity contribution in [2.75, 3.05) is 48.9 Å². The number of carbonyl (C=O) groups excluding carboxylic acids is 2. The third kappa shape index (κ3) is 4.98. The lowest BCUT2D eigenvalue weighted by Gasteiger charge is -2.28. The van der Waals surface area contributed by atoms with E-state index in [2.05, 4.69) is 20.5 Å². The number of thiazole rings is 1. The SMILES string of the molecule is COc1ccc(Nc2nc(C(N)=O)c(NC(=O)c3ccc(N4CCOCC4)cc3)s2)cc1. The fourth-order valence-electron chi connectivity index (χ4n) is 3.24. The van der Waals surface area contributed by atoms with Crippen LogP contribution < -0.4 is 26.0 Å². The lowest BCUT2D eigenvalue weighted by atomic mass is 10.1. The van der Waals surface area contributed by atoms with Gasteiger partial charge in [0.15, 0.2) is 10.8 Å². The maximum absolute atomic E-state index is 12.8. The predicted molar refractivity (Wildman–Crippen MR) is 124 cm³/mol. The van der Waals surface area contributed by atoms with Crippen LogP contribution in [0.1, 0.15) is 20.8 Å². The first-order chi connectivity index (χ1) is 15.5. The van der Waals surface area contributed by atoms with Crippen LogP contribution in [0.2, 0.25) is 0 Å². The van der Waals surface area contributed by atoms with Crippen LogP contribution in [0.5, 0.6) is 5.75 Å². The molecule has 4 rings (SSSR count). The third-order valence-corrected chi connectivity index (χ3v) is 5.82. The minimum absolute atomic E-state index is 0.00398. The summed E-state index contributed by atoms with van der Waals surface area (Å²) in [7, 11) is 1.59. The highest BCUT2D eigenvalue weighted by Gasteiger charge is 2.19. The van der Waals surface area contributed by atoms with Crippen molar-refractivity contribution < 1.29 is 19.1 Å². The van der Waals surface area contributed by atoms with Crippen molar-refractivity contribution in [2.24, 2.45) is 5.73 Å². The number of nitrogens with two attached hydrogens (primary N) is 1. The standard InChI is InChI=1S/C22H23N5O4S/c1-30-17-8-4-15(5-9-17)24-22-25-18(19(23)28)21(32-22)26-20(29)14-2-6-16(7-3-14)27-10-12-31-13-11-27/h2-9H,10-13H2,1H3,(H2,23,28)(H,24,25)(H,26,29). The minimum Gasteiger partial charge on any atom is -0.497 e. The van der Waals surface area contributed by atoms with E-state index in [1.165, 1.54) is 0 Å². The van der Waals surface area contributed by atoms with Crippen molar-refractivity contribution in [2.45, 2.75) is 0 Å². The van der Waals surface area contributed by atoms with Crippen molar-refractivity contribution in [3.63, 3.8) is 0 Å². The van der Waals surface area contributed by atoms with Gasteiger partial charge < -0.3 is 30.7 Å². The monoisotopic (exact) mass is 453 g/mol. The molecule has 1 aromatic heterocycles. The summed E-state index contributed by atoms with van der Waals surface area (Å²) in [6, 6.07) is 14.5. The topological polar surface area (TPSA) is 119 Å². The molecule has 0 spiro atoms. The molecule has 1 aliphatic rings.